The van der Waals surface area contributed by atoms with Crippen molar-refractivity contribution in [3.8, 4) is 0 Å². The van der Waals surface area contributed by atoms with Gasteiger partial charge in [-0.25, -0.2) is 0 Å². The molecule has 4 nitrogen and oxygen atoms in total. The van der Waals surface area contributed by atoms with E-state index in [1.165, 1.54) is 0 Å². The Morgan fingerprint density at radius 2 is 1.95 bits per heavy atom. The first-order valence-electron chi connectivity index (χ1n) is 7.19. The first-order chi connectivity index (χ1) is 9.97. The number of thiocarbonyl (C=S) groups is 1. The van der Waals surface area contributed by atoms with E-state index in [-0.39, 0.29) is 22.9 Å². The van der Waals surface area contributed by atoms with Crippen molar-refractivity contribution < 1.29 is 9.53 Å². The molecule has 1 amide bonds. The van der Waals surface area contributed by atoms with Crippen LogP contribution in [-0.2, 0) is 9.53 Å². The second-order valence-electron chi connectivity index (χ2n) is 5.26. The van der Waals surface area contributed by atoms with Crippen molar-refractivity contribution in [2.45, 2.75) is 32.7 Å². The van der Waals surface area contributed by atoms with E-state index >= 15 is 0 Å². The third-order valence-electron chi connectivity index (χ3n) is 3.31. The Balaban J connectivity index is 2.84. The molecule has 1 rings (SSSR count). The maximum atomic E-state index is 12.5. The van der Waals surface area contributed by atoms with E-state index in [1.54, 1.807) is 0 Å². The maximum absolute atomic E-state index is 12.5. The molecular weight excluding hydrogens is 284 g/mol. The number of nitrogens with one attached hydrogen (secondary N) is 1. The van der Waals surface area contributed by atoms with E-state index in [0.29, 0.717) is 13.2 Å². The lowest BCUT2D eigenvalue weighted by atomic mass is 9.96. The minimum absolute atomic E-state index is 0.0574. The third kappa shape index (κ3) is 5.44. The van der Waals surface area contributed by atoms with Crippen molar-refractivity contribution in [2.24, 2.45) is 11.7 Å². The summed E-state index contributed by atoms with van der Waals surface area (Å²) < 4.78 is 5.42. The first-order valence-corrected chi connectivity index (χ1v) is 7.60. The van der Waals surface area contributed by atoms with Crippen LogP contribution in [0.25, 0.3) is 0 Å². The number of rotatable bonds is 8. The average molecular weight is 308 g/mol. The van der Waals surface area contributed by atoms with Crippen LogP contribution in [0.3, 0.4) is 0 Å². The van der Waals surface area contributed by atoms with Crippen LogP contribution in [0.5, 0.6) is 0 Å². The lowest BCUT2D eigenvalue weighted by Gasteiger charge is -2.25. The molecule has 0 aliphatic rings. The molecule has 21 heavy (non-hydrogen) atoms. The second-order valence-corrected chi connectivity index (χ2v) is 5.74. The number of hydrogen-bond acceptors (Lipinski definition) is 3. The van der Waals surface area contributed by atoms with Crippen LogP contribution in [0, 0.1) is 5.92 Å². The van der Waals surface area contributed by atoms with Crippen molar-refractivity contribution >= 4 is 23.1 Å². The third-order valence-corrected chi connectivity index (χ3v) is 3.55. The molecule has 1 aromatic carbocycles. The highest BCUT2D eigenvalue weighted by Gasteiger charge is 2.26. The summed E-state index contributed by atoms with van der Waals surface area (Å²) in [5.74, 6) is -0.514. The molecule has 0 radical (unpaired) electrons. The fraction of sp³-hybridized carbons (Fsp3) is 0.500. The van der Waals surface area contributed by atoms with E-state index < -0.39 is 5.92 Å². The minimum Gasteiger partial charge on any atom is -0.392 e. The predicted octanol–water partition coefficient (Wildman–Crippen LogP) is 2.23. The highest BCUT2D eigenvalue weighted by Crippen LogP contribution is 2.17. The minimum atomic E-state index is -0.607. The fourth-order valence-electron chi connectivity index (χ4n) is 2.00. The van der Waals surface area contributed by atoms with Gasteiger partial charge in [0.15, 0.2) is 0 Å². The van der Waals surface area contributed by atoms with Crippen LogP contribution >= 0.6 is 12.2 Å². The zero-order valence-electron chi connectivity index (χ0n) is 12.8. The van der Waals surface area contributed by atoms with Gasteiger partial charge in [0.25, 0.3) is 0 Å². The smallest absolute Gasteiger partial charge is 0.234 e. The van der Waals surface area contributed by atoms with Crippen LogP contribution in [0.15, 0.2) is 30.3 Å². The zero-order chi connectivity index (χ0) is 15.8. The maximum Gasteiger partial charge on any atom is 0.234 e. The number of benzene rings is 1. The topological polar surface area (TPSA) is 64.3 Å². The van der Waals surface area contributed by atoms with E-state index in [4.69, 9.17) is 22.7 Å². The molecule has 0 aromatic heterocycles. The Morgan fingerprint density at radius 3 is 2.43 bits per heavy atom. The molecule has 1 aromatic rings. The van der Waals surface area contributed by atoms with Crippen molar-refractivity contribution in [1.82, 2.24) is 5.32 Å². The Morgan fingerprint density at radius 1 is 1.33 bits per heavy atom. The van der Waals surface area contributed by atoms with Crippen molar-refractivity contribution in [3.63, 3.8) is 0 Å². The second kappa shape index (κ2) is 8.74. The lowest BCUT2D eigenvalue weighted by molar-refractivity contribution is -0.122. The van der Waals surface area contributed by atoms with E-state index in [2.05, 4.69) is 5.32 Å². The van der Waals surface area contributed by atoms with E-state index in [1.807, 2.05) is 51.1 Å². The molecule has 5 heteroatoms. The summed E-state index contributed by atoms with van der Waals surface area (Å²) in [6, 6.07) is 9.29. The number of carbonyl (C=O) groups excluding carboxylic acids is 1. The Bertz CT molecular complexity index is 463. The Hall–Kier alpha value is -1.46. The van der Waals surface area contributed by atoms with Gasteiger partial charge in [-0.15, -0.1) is 0 Å². The number of hydrogen-bond donors (Lipinski definition) is 2. The van der Waals surface area contributed by atoms with Crippen molar-refractivity contribution in [2.75, 3.05) is 13.2 Å². The van der Waals surface area contributed by atoms with Gasteiger partial charge in [-0.3, -0.25) is 4.79 Å². The highest BCUT2D eigenvalue weighted by molar-refractivity contribution is 7.80. The SMILES string of the molecule is CCOCC(NC(=O)C(C(N)=S)c1ccccc1)C(C)C. The van der Waals surface area contributed by atoms with E-state index in [0.717, 1.165) is 5.56 Å². The van der Waals surface area contributed by atoms with Gasteiger partial charge >= 0.3 is 0 Å². The first kappa shape index (κ1) is 17.6. The molecule has 2 atom stereocenters. The van der Waals surface area contributed by atoms with Gasteiger partial charge in [0.1, 0.15) is 5.92 Å². The predicted molar refractivity (Wildman–Crippen MR) is 89.2 cm³/mol. The summed E-state index contributed by atoms with van der Waals surface area (Å²) in [5.41, 5.74) is 6.57. The summed E-state index contributed by atoms with van der Waals surface area (Å²) in [5, 5.41) is 3.00. The van der Waals surface area contributed by atoms with Gasteiger partial charge in [-0.05, 0) is 18.4 Å². The summed E-state index contributed by atoms with van der Waals surface area (Å²) in [7, 11) is 0. The van der Waals surface area contributed by atoms with Crippen LogP contribution in [-0.4, -0.2) is 30.2 Å². The molecule has 0 saturated heterocycles. The van der Waals surface area contributed by atoms with Crippen LogP contribution in [0.2, 0.25) is 0 Å². The Labute approximate surface area is 132 Å². The molecule has 0 saturated carbocycles. The summed E-state index contributed by atoms with van der Waals surface area (Å²) >= 11 is 5.07. The number of nitrogens with two attached hydrogens (primary N) is 1. The molecule has 116 valence electrons. The number of carbonyl (C=O) groups is 1. The largest absolute Gasteiger partial charge is 0.392 e. The monoisotopic (exact) mass is 308 g/mol. The summed E-state index contributed by atoms with van der Waals surface area (Å²) in [6.45, 7) is 7.13. The number of amides is 1. The molecule has 0 aliphatic heterocycles. The van der Waals surface area contributed by atoms with Gasteiger partial charge in [-0.1, -0.05) is 56.4 Å². The van der Waals surface area contributed by atoms with Gasteiger partial charge in [-0.2, -0.15) is 0 Å². The van der Waals surface area contributed by atoms with Gasteiger partial charge in [0.2, 0.25) is 5.91 Å². The summed E-state index contributed by atoms with van der Waals surface area (Å²) in [6.07, 6.45) is 0. The standard InChI is InChI=1S/C16H24N2O2S/c1-4-20-10-13(11(2)3)18-16(19)14(15(17)21)12-8-6-5-7-9-12/h5-9,11,13-14H,4,10H2,1-3H3,(H2,17,21)(H,18,19). The normalized spacial score (nSPS) is 13.7. The lowest BCUT2D eigenvalue weighted by Crippen LogP contribution is -2.46. The fourth-order valence-corrected chi connectivity index (χ4v) is 2.25. The van der Waals surface area contributed by atoms with Gasteiger partial charge < -0.3 is 15.8 Å². The Kier molecular flexibility index (Phi) is 7.32. The molecule has 0 heterocycles. The molecule has 3 N–H and O–H groups in total. The molecule has 0 aliphatic carbocycles. The molecular formula is C16H24N2O2S. The quantitative estimate of drug-likeness (QED) is 0.723. The van der Waals surface area contributed by atoms with Crippen LogP contribution in [0.1, 0.15) is 32.3 Å². The molecule has 0 bridgehead atoms. The highest BCUT2D eigenvalue weighted by atomic mass is 32.1. The average Bonchev–Trinajstić information content (AvgIpc) is 2.44. The van der Waals surface area contributed by atoms with Crippen LogP contribution in [0.4, 0.5) is 0 Å². The van der Waals surface area contributed by atoms with E-state index in [9.17, 15) is 4.79 Å². The summed E-state index contributed by atoms with van der Waals surface area (Å²) in [4.78, 5) is 12.7. The number of ether oxygens (including phenoxy) is 1. The van der Waals surface area contributed by atoms with Crippen LogP contribution < -0.4 is 11.1 Å². The van der Waals surface area contributed by atoms with Crippen molar-refractivity contribution in [1.29, 1.82) is 0 Å². The van der Waals surface area contributed by atoms with Crippen molar-refractivity contribution in [3.05, 3.63) is 35.9 Å². The van der Waals surface area contributed by atoms with Gasteiger partial charge in [0.05, 0.1) is 17.6 Å². The molecule has 0 fully saturated rings. The van der Waals surface area contributed by atoms with Gasteiger partial charge in [0, 0.05) is 6.61 Å². The molecule has 0 spiro atoms. The zero-order valence-corrected chi connectivity index (χ0v) is 13.7. The molecule has 2 unspecified atom stereocenters.